The molecule has 0 spiro atoms. The van der Waals surface area contributed by atoms with Gasteiger partial charge >= 0.3 is 0 Å². The fourth-order valence-electron chi connectivity index (χ4n) is 3.23. The van der Waals surface area contributed by atoms with E-state index in [2.05, 4.69) is 42.6 Å². The number of fused-ring (bicyclic) bond motifs is 1. The number of hydrogen-bond acceptors (Lipinski definition) is 3. The predicted molar refractivity (Wildman–Crippen MR) is 93.2 cm³/mol. The van der Waals surface area contributed by atoms with E-state index in [1.54, 1.807) is 6.07 Å². The maximum Gasteiger partial charge on any atom is 0.123 e. The zero-order chi connectivity index (χ0) is 16.1. The van der Waals surface area contributed by atoms with Crippen LogP contribution in [0.5, 0.6) is 11.5 Å². The molecular weight excluding hydrogens is 286 g/mol. The summed E-state index contributed by atoms with van der Waals surface area (Å²) in [5, 5.41) is 13.5. The third kappa shape index (κ3) is 4.05. The summed E-state index contributed by atoms with van der Waals surface area (Å²) >= 11 is 0. The van der Waals surface area contributed by atoms with E-state index in [-0.39, 0.29) is 0 Å². The number of rotatable bonds is 6. The van der Waals surface area contributed by atoms with Crippen molar-refractivity contribution in [3.05, 3.63) is 59.7 Å². The van der Waals surface area contributed by atoms with Crippen LogP contribution in [-0.2, 0) is 6.42 Å². The highest BCUT2D eigenvalue weighted by Gasteiger charge is 2.22. The van der Waals surface area contributed by atoms with E-state index in [9.17, 15) is 5.11 Å². The number of aromatic hydroxyl groups is 1. The van der Waals surface area contributed by atoms with E-state index in [0.717, 1.165) is 43.7 Å². The van der Waals surface area contributed by atoms with Crippen LogP contribution in [0.4, 0.5) is 0 Å². The smallest absolute Gasteiger partial charge is 0.123 e. The summed E-state index contributed by atoms with van der Waals surface area (Å²) in [6.07, 6.45) is 3.14. The monoisotopic (exact) mass is 311 g/mol. The molecule has 0 bridgehead atoms. The van der Waals surface area contributed by atoms with Crippen LogP contribution in [0.2, 0.25) is 0 Å². The highest BCUT2D eigenvalue weighted by Crippen LogP contribution is 2.35. The largest absolute Gasteiger partial charge is 0.508 e. The molecule has 2 N–H and O–H groups in total. The SMILES string of the molecule is CCC(Cc1ccccc1)NCC1CCOc2ccc(O)cc21. The van der Waals surface area contributed by atoms with Gasteiger partial charge in [-0.2, -0.15) is 0 Å². The Kier molecular flexibility index (Phi) is 5.19. The molecule has 23 heavy (non-hydrogen) atoms. The van der Waals surface area contributed by atoms with Crippen LogP contribution in [0.1, 0.15) is 36.8 Å². The van der Waals surface area contributed by atoms with Crippen LogP contribution in [0, 0.1) is 0 Å². The quantitative estimate of drug-likeness (QED) is 0.851. The molecule has 3 rings (SSSR count). The Morgan fingerprint density at radius 3 is 2.83 bits per heavy atom. The topological polar surface area (TPSA) is 41.5 Å². The van der Waals surface area contributed by atoms with Crippen LogP contribution in [0.15, 0.2) is 48.5 Å². The minimum absolute atomic E-state index is 0.315. The van der Waals surface area contributed by atoms with Gasteiger partial charge in [-0.05, 0) is 43.0 Å². The normalized spacial score (nSPS) is 18.0. The van der Waals surface area contributed by atoms with Crippen LogP contribution < -0.4 is 10.1 Å². The van der Waals surface area contributed by atoms with Gasteiger partial charge in [0.25, 0.3) is 0 Å². The number of hydrogen-bond donors (Lipinski definition) is 2. The molecule has 0 fully saturated rings. The molecule has 2 aromatic rings. The first-order valence-electron chi connectivity index (χ1n) is 8.49. The summed E-state index contributed by atoms with van der Waals surface area (Å²) in [5.74, 6) is 1.63. The molecule has 3 nitrogen and oxygen atoms in total. The molecule has 1 aliphatic rings. The minimum Gasteiger partial charge on any atom is -0.508 e. The van der Waals surface area contributed by atoms with Gasteiger partial charge in [0.05, 0.1) is 6.61 Å². The van der Waals surface area contributed by atoms with Crippen molar-refractivity contribution < 1.29 is 9.84 Å². The van der Waals surface area contributed by atoms with Gasteiger partial charge in [-0.1, -0.05) is 37.3 Å². The average Bonchev–Trinajstić information content (AvgIpc) is 2.59. The van der Waals surface area contributed by atoms with E-state index in [4.69, 9.17) is 4.74 Å². The molecule has 2 unspecified atom stereocenters. The molecule has 0 saturated heterocycles. The van der Waals surface area contributed by atoms with Gasteiger partial charge in [0.1, 0.15) is 11.5 Å². The average molecular weight is 311 g/mol. The second-order valence-corrected chi connectivity index (χ2v) is 6.26. The lowest BCUT2D eigenvalue weighted by Gasteiger charge is -2.28. The molecule has 0 amide bonds. The van der Waals surface area contributed by atoms with Crippen molar-refractivity contribution in [2.24, 2.45) is 0 Å². The molecule has 2 atom stereocenters. The second kappa shape index (κ2) is 7.51. The first-order chi connectivity index (χ1) is 11.3. The van der Waals surface area contributed by atoms with Gasteiger partial charge in [0.15, 0.2) is 0 Å². The molecule has 1 heterocycles. The minimum atomic E-state index is 0.315. The van der Waals surface area contributed by atoms with Crippen molar-refractivity contribution >= 4 is 0 Å². The van der Waals surface area contributed by atoms with Gasteiger partial charge < -0.3 is 15.2 Å². The van der Waals surface area contributed by atoms with Crippen molar-refractivity contribution in [1.82, 2.24) is 5.32 Å². The van der Waals surface area contributed by atoms with Crippen LogP contribution in [-0.4, -0.2) is 24.3 Å². The lowest BCUT2D eigenvalue weighted by Crippen LogP contribution is -2.35. The molecular formula is C20H25NO2. The van der Waals surface area contributed by atoms with Gasteiger partial charge in [0, 0.05) is 24.1 Å². The number of phenols is 1. The van der Waals surface area contributed by atoms with Crippen LogP contribution in [0.3, 0.4) is 0 Å². The molecule has 122 valence electrons. The predicted octanol–water partition coefficient (Wildman–Crippen LogP) is 3.87. The number of ether oxygens (including phenoxy) is 1. The van der Waals surface area contributed by atoms with Gasteiger partial charge in [-0.15, -0.1) is 0 Å². The van der Waals surface area contributed by atoms with E-state index in [0.29, 0.717) is 17.7 Å². The van der Waals surface area contributed by atoms with Gasteiger partial charge in [-0.25, -0.2) is 0 Å². The maximum atomic E-state index is 9.75. The Morgan fingerprint density at radius 1 is 1.22 bits per heavy atom. The standard InChI is InChI=1S/C20H25NO2/c1-2-17(12-15-6-4-3-5-7-15)21-14-16-10-11-23-20-9-8-18(22)13-19(16)20/h3-9,13,16-17,21-22H,2,10-12,14H2,1H3. The highest BCUT2D eigenvalue weighted by molar-refractivity contribution is 5.43. The molecule has 0 saturated carbocycles. The van der Waals surface area contributed by atoms with E-state index in [1.165, 1.54) is 5.56 Å². The summed E-state index contributed by atoms with van der Waals surface area (Å²) in [6.45, 7) is 3.90. The van der Waals surface area contributed by atoms with Crippen molar-refractivity contribution in [2.75, 3.05) is 13.2 Å². The van der Waals surface area contributed by atoms with Crippen molar-refractivity contribution in [3.63, 3.8) is 0 Å². The van der Waals surface area contributed by atoms with Crippen molar-refractivity contribution in [3.8, 4) is 11.5 Å². The Bertz CT molecular complexity index is 627. The Morgan fingerprint density at radius 2 is 2.04 bits per heavy atom. The molecule has 1 aliphatic heterocycles. The van der Waals surface area contributed by atoms with Crippen LogP contribution >= 0.6 is 0 Å². The number of phenolic OH excluding ortho intramolecular Hbond substituents is 1. The van der Waals surface area contributed by atoms with Crippen molar-refractivity contribution in [1.29, 1.82) is 0 Å². The molecule has 0 aromatic heterocycles. The fraction of sp³-hybridized carbons (Fsp3) is 0.400. The van der Waals surface area contributed by atoms with E-state index in [1.807, 2.05) is 12.1 Å². The summed E-state index contributed by atoms with van der Waals surface area (Å²) in [4.78, 5) is 0. The molecule has 0 aliphatic carbocycles. The summed E-state index contributed by atoms with van der Waals surface area (Å²) < 4.78 is 5.70. The second-order valence-electron chi connectivity index (χ2n) is 6.26. The lowest BCUT2D eigenvalue weighted by atomic mass is 9.92. The summed E-state index contributed by atoms with van der Waals surface area (Å²) in [5.41, 5.74) is 2.50. The summed E-state index contributed by atoms with van der Waals surface area (Å²) in [6, 6.07) is 16.5. The zero-order valence-electron chi connectivity index (χ0n) is 13.7. The summed E-state index contributed by atoms with van der Waals surface area (Å²) in [7, 11) is 0. The zero-order valence-corrected chi connectivity index (χ0v) is 13.7. The Hall–Kier alpha value is -2.00. The van der Waals surface area contributed by atoms with Gasteiger partial charge in [-0.3, -0.25) is 0 Å². The third-order valence-electron chi connectivity index (χ3n) is 4.63. The van der Waals surface area contributed by atoms with Crippen molar-refractivity contribution in [2.45, 2.75) is 38.1 Å². The number of benzene rings is 2. The number of nitrogens with one attached hydrogen (secondary N) is 1. The van der Waals surface area contributed by atoms with Crippen LogP contribution in [0.25, 0.3) is 0 Å². The van der Waals surface area contributed by atoms with E-state index < -0.39 is 0 Å². The first-order valence-corrected chi connectivity index (χ1v) is 8.49. The fourth-order valence-corrected chi connectivity index (χ4v) is 3.23. The third-order valence-corrected chi connectivity index (χ3v) is 4.63. The highest BCUT2D eigenvalue weighted by atomic mass is 16.5. The molecule has 3 heteroatoms. The Labute approximate surface area is 138 Å². The Balaban J connectivity index is 1.62. The maximum absolute atomic E-state index is 9.75. The van der Waals surface area contributed by atoms with E-state index >= 15 is 0 Å². The van der Waals surface area contributed by atoms with Gasteiger partial charge in [0.2, 0.25) is 0 Å². The first kappa shape index (κ1) is 15.9. The molecule has 0 radical (unpaired) electrons. The lowest BCUT2D eigenvalue weighted by molar-refractivity contribution is 0.261. The molecule has 2 aromatic carbocycles.